The van der Waals surface area contributed by atoms with E-state index in [1.54, 1.807) is 36.5 Å². The molecule has 1 saturated heterocycles. The molecule has 2 aromatic rings. The average Bonchev–Trinajstić information content (AvgIpc) is 2.97. The smallest absolute Gasteiger partial charge is 0.256 e. The van der Waals surface area contributed by atoms with Gasteiger partial charge in [0.15, 0.2) is 9.84 Å². The number of pyridine rings is 1. The molecule has 1 amide bonds. The van der Waals surface area contributed by atoms with E-state index < -0.39 is 9.84 Å². The van der Waals surface area contributed by atoms with Crippen LogP contribution in [0.3, 0.4) is 0 Å². The van der Waals surface area contributed by atoms with Gasteiger partial charge in [-0.2, -0.15) is 0 Å². The summed E-state index contributed by atoms with van der Waals surface area (Å²) >= 11 is 5.82. The van der Waals surface area contributed by atoms with E-state index in [1.807, 2.05) is 17.9 Å². The molecule has 0 aliphatic carbocycles. The zero-order valence-electron chi connectivity index (χ0n) is 14.4. The Hall–Kier alpha value is -2.12. The maximum atomic E-state index is 12.2. The van der Waals surface area contributed by atoms with E-state index in [-0.39, 0.29) is 23.5 Å². The number of halogens is 1. The number of carbonyl (C=O) groups excluding carboxylic acids is 1. The van der Waals surface area contributed by atoms with Crippen molar-refractivity contribution in [2.45, 2.75) is 19.4 Å². The zero-order valence-corrected chi connectivity index (χ0v) is 15.9. The number of anilines is 2. The van der Waals surface area contributed by atoms with Gasteiger partial charge in [-0.05, 0) is 49.7 Å². The van der Waals surface area contributed by atoms with Crippen molar-refractivity contribution in [3.8, 4) is 0 Å². The van der Waals surface area contributed by atoms with Crippen LogP contribution in [0.4, 0.5) is 11.5 Å². The molecule has 0 bridgehead atoms. The molecule has 1 fully saturated rings. The van der Waals surface area contributed by atoms with Gasteiger partial charge in [-0.3, -0.25) is 4.79 Å². The largest absolute Gasteiger partial charge is 0.367 e. The SMILES string of the molecule is CCN(c1ccc(NC(=O)c2ccc(Cl)cc2)nc1)C1CCS(=O)(=O)C1. The van der Waals surface area contributed by atoms with Crippen molar-refractivity contribution >= 4 is 38.9 Å². The summed E-state index contributed by atoms with van der Waals surface area (Å²) in [6.45, 7) is 2.68. The summed E-state index contributed by atoms with van der Waals surface area (Å²) in [6, 6.07) is 10.1. The molecular formula is C18H20ClN3O3S. The van der Waals surface area contributed by atoms with E-state index in [0.29, 0.717) is 29.4 Å². The molecule has 1 unspecified atom stereocenters. The van der Waals surface area contributed by atoms with Crippen molar-refractivity contribution in [1.29, 1.82) is 0 Å². The summed E-state index contributed by atoms with van der Waals surface area (Å²) in [6.07, 6.45) is 2.29. The molecule has 0 spiro atoms. The highest BCUT2D eigenvalue weighted by atomic mass is 35.5. The van der Waals surface area contributed by atoms with Crippen LogP contribution in [0.1, 0.15) is 23.7 Å². The lowest BCUT2D eigenvalue weighted by atomic mass is 10.2. The highest BCUT2D eigenvalue weighted by molar-refractivity contribution is 7.91. The van der Waals surface area contributed by atoms with Crippen LogP contribution in [0.25, 0.3) is 0 Å². The Labute approximate surface area is 158 Å². The van der Waals surface area contributed by atoms with Crippen LogP contribution in [-0.2, 0) is 9.84 Å². The fourth-order valence-corrected chi connectivity index (χ4v) is 4.95. The fraction of sp³-hybridized carbons (Fsp3) is 0.333. The quantitative estimate of drug-likeness (QED) is 0.844. The lowest BCUT2D eigenvalue weighted by molar-refractivity contribution is 0.102. The third-order valence-corrected chi connectivity index (χ3v) is 6.42. The van der Waals surface area contributed by atoms with Gasteiger partial charge in [0.25, 0.3) is 5.91 Å². The second kappa shape index (κ2) is 7.63. The molecule has 2 heterocycles. The number of hydrogen-bond donors (Lipinski definition) is 1. The van der Waals surface area contributed by atoms with Gasteiger partial charge >= 0.3 is 0 Å². The summed E-state index contributed by atoms with van der Waals surface area (Å²) in [5.41, 5.74) is 1.34. The molecule has 1 aliphatic heterocycles. The van der Waals surface area contributed by atoms with Gasteiger partial charge in [0.1, 0.15) is 5.82 Å². The number of nitrogens with zero attached hydrogens (tertiary/aromatic N) is 2. The third-order valence-electron chi connectivity index (χ3n) is 4.42. The third kappa shape index (κ3) is 4.34. The lowest BCUT2D eigenvalue weighted by Crippen LogP contribution is -2.36. The maximum Gasteiger partial charge on any atom is 0.256 e. The Morgan fingerprint density at radius 1 is 1.27 bits per heavy atom. The maximum absolute atomic E-state index is 12.2. The highest BCUT2D eigenvalue weighted by Crippen LogP contribution is 2.24. The van der Waals surface area contributed by atoms with Crippen LogP contribution in [0.5, 0.6) is 0 Å². The number of rotatable bonds is 5. The van der Waals surface area contributed by atoms with E-state index in [1.165, 1.54) is 0 Å². The van der Waals surface area contributed by atoms with Crippen LogP contribution in [0.2, 0.25) is 5.02 Å². The van der Waals surface area contributed by atoms with Crippen LogP contribution in [0.15, 0.2) is 42.6 Å². The Kier molecular flexibility index (Phi) is 5.48. The zero-order chi connectivity index (χ0) is 18.7. The number of hydrogen-bond acceptors (Lipinski definition) is 5. The molecule has 3 rings (SSSR count). The summed E-state index contributed by atoms with van der Waals surface area (Å²) in [4.78, 5) is 18.5. The second-order valence-corrected chi connectivity index (χ2v) is 8.87. The highest BCUT2D eigenvalue weighted by Gasteiger charge is 2.31. The van der Waals surface area contributed by atoms with Crippen molar-refractivity contribution in [2.75, 3.05) is 28.3 Å². The summed E-state index contributed by atoms with van der Waals surface area (Å²) < 4.78 is 23.5. The number of amides is 1. The van der Waals surface area contributed by atoms with Crippen LogP contribution < -0.4 is 10.2 Å². The number of benzene rings is 1. The molecule has 1 N–H and O–H groups in total. The number of carbonyl (C=O) groups is 1. The van der Waals surface area contributed by atoms with E-state index in [4.69, 9.17) is 11.6 Å². The first-order valence-electron chi connectivity index (χ1n) is 8.38. The minimum atomic E-state index is -2.94. The first-order chi connectivity index (χ1) is 12.4. The van der Waals surface area contributed by atoms with E-state index in [2.05, 4.69) is 10.3 Å². The molecule has 1 aromatic heterocycles. The second-order valence-electron chi connectivity index (χ2n) is 6.21. The van der Waals surface area contributed by atoms with Gasteiger partial charge in [0.05, 0.1) is 23.4 Å². The lowest BCUT2D eigenvalue weighted by Gasteiger charge is -2.28. The predicted octanol–water partition coefficient (Wildman–Crippen LogP) is 3.00. The van der Waals surface area contributed by atoms with Gasteiger partial charge in [0, 0.05) is 23.2 Å². The van der Waals surface area contributed by atoms with Gasteiger partial charge in [-0.1, -0.05) is 11.6 Å². The topological polar surface area (TPSA) is 79.4 Å². The molecular weight excluding hydrogens is 374 g/mol. The number of sulfone groups is 1. The Morgan fingerprint density at radius 2 is 2.00 bits per heavy atom. The van der Waals surface area contributed by atoms with Crippen molar-refractivity contribution in [3.63, 3.8) is 0 Å². The first kappa shape index (κ1) is 18.7. The minimum Gasteiger partial charge on any atom is -0.367 e. The number of nitrogens with one attached hydrogen (secondary N) is 1. The van der Waals surface area contributed by atoms with Gasteiger partial charge < -0.3 is 10.2 Å². The van der Waals surface area contributed by atoms with Crippen molar-refractivity contribution in [2.24, 2.45) is 0 Å². The van der Waals surface area contributed by atoms with Crippen LogP contribution in [-0.4, -0.2) is 43.4 Å². The van der Waals surface area contributed by atoms with Crippen molar-refractivity contribution in [3.05, 3.63) is 53.2 Å². The van der Waals surface area contributed by atoms with Crippen molar-refractivity contribution in [1.82, 2.24) is 4.98 Å². The molecule has 1 atom stereocenters. The predicted molar refractivity (Wildman–Crippen MR) is 104 cm³/mol. The van der Waals surface area contributed by atoms with Gasteiger partial charge in [-0.15, -0.1) is 0 Å². The monoisotopic (exact) mass is 393 g/mol. The molecule has 26 heavy (non-hydrogen) atoms. The van der Waals surface area contributed by atoms with E-state index in [9.17, 15) is 13.2 Å². The number of aromatic nitrogens is 1. The summed E-state index contributed by atoms with van der Waals surface area (Å²) in [7, 11) is -2.94. The fourth-order valence-electron chi connectivity index (χ4n) is 3.09. The minimum absolute atomic E-state index is 0.0266. The molecule has 138 valence electrons. The van der Waals surface area contributed by atoms with Gasteiger partial charge in [-0.25, -0.2) is 13.4 Å². The molecule has 0 saturated carbocycles. The van der Waals surface area contributed by atoms with Crippen molar-refractivity contribution < 1.29 is 13.2 Å². The molecule has 8 heteroatoms. The standard InChI is InChI=1S/C18H20ClN3O3S/c1-2-22(16-9-10-26(24,25)12-16)15-7-8-17(20-11-15)21-18(23)13-3-5-14(19)6-4-13/h3-8,11,16H,2,9-10,12H2,1H3,(H,20,21,23). The summed E-state index contributed by atoms with van der Waals surface area (Å²) in [5.74, 6) is 0.576. The molecule has 1 aliphatic rings. The average molecular weight is 394 g/mol. The Bertz CT molecular complexity index is 883. The summed E-state index contributed by atoms with van der Waals surface area (Å²) in [5, 5.41) is 3.30. The van der Waals surface area contributed by atoms with E-state index in [0.717, 1.165) is 5.69 Å². The van der Waals surface area contributed by atoms with E-state index >= 15 is 0 Å². The van der Waals surface area contributed by atoms with Crippen LogP contribution >= 0.6 is 11.6 Å². The van der Waals surface area contributed by atoms with Crippen LogP contribution in [0, 0.1) is 0 Å². The first-order valence-corrected chi connectivity index (χ1v) is 10.6. The molecule has 1 aromatic carbocycles. The molecule has 6 nitrogen and oxygen atoms in total. The molecule has 0 radical (unpaired) electrons. The van der Waals surface area contributed by atoms with Gasteiger partial charge in [0.2, 0.25) is 0 Å². The Balaban J connectivity index is 1.69. The normalized spacial score (nSPS) is 18.5. The Morgan fingerprint density at radius 3 is 2.54 bits per heavy atom.